The van der Waals surface area contributed by atoms with Gasteiger partial charge >= 0.3 is 5.97 Å². The largest absolute Gasteiger partial charge is 0.481 e. The number of fused-ring (bicyclic) bond motifs is 1. The lowest BCUT2D eigenvalue weighted by atomic mass is 10.2. The number of non-ortho nitro benzene ring substituents is 1. The van der Waals surface area contributed by atoms with E-state index < -0.39 is 10.9 Å². The summed E-state index contributed by atoms with van der Waals surface area (Å²) >= 11 is 0. The van der Waals surface area contributed by atoms with E-state index in [0.29, 0.717) is 11.9 Å². The molecule has 0 saturated carbocycles. The van der Waals surface area contributed by atoms with Crippen LogP contribution in [0.4, 0.5) is 5.69 Å². The Morgan fingerprint density at radius 2 is 2.04 bits per heavy atom. The van der Waals surface area contributed by atoms with Gasteiger partial charge in [0.05, 0.1) is 11.3 Å². The van der Waals surface area contributed by atoms with Crippen molar-refractivity contribution in [2.45, 2.75) is 26.8 Å². The summed E-state index contributed by atoms with van der Waals surface area (Å²) in [5, 5.41) is 20.4. The van der Waals surface area contributed by atoms with Crippen LogP contribution in [-0.2, 0) is 16.1 Å². The quantitative estimate of drug-likeness (QED) is 0.583. The maximum Gasteiger partial charge on any atom is 0.305 e. The van der Waals surface area contributed by atoms with Crippen molar-refractivity contribution in [3.8, 4) is 0 Å². The lowest BCUT2D eigenvalue weighted by molar-refractivity contribution is -0.384. The van der Waals surface area contributed by atoms with Crippen molar-refractivity contribution in [3.05, 3.63) is 40.6 Å². The van der Waals surface area contributed by atoms with Crippen molar-refractivity contribution in [3.63, 3.8) is 0 Å². The van der Waals surface area contributed by atoms with Gasteiger partial charge in [-0.2, -0.15) is 0 Å². The van der Waals surface area contributed by atoms with Crippen molar-refractivity contribution >= 4 is 28.5 Å². The molecule has 8 heteroatoms. The van der Waals surface area contributed by atoms with Crippen LogP contribution < -0.4 is 0 Å². The molecule has 1 aromatic carbocycles. The summed E-state index contributed by atoms with van der Waals surface area (Å²) in [6.45, 7) is 4.64. The molecule has 1 aromatic heterocycles. The Kier molecular flexibility index (Phi) is 5.74. The molecule has 1 amide bonds. The number of carboxylic acids is 1. The number of carbonyl (C=O) groups excluding carboxylic acids is 1. The number of carbonyl (C=O) groups is 2. The average Bonchev–Trinajstić information content (AvgIpc) is 2.93. The third kappa shape index (κ3) is 4.79. The summed E-state index contributed by atoms with van der Waals surface area (Å²) in [5.74, 6) is -0.895. The third-order valence-corrected chi connectivity index (χ3v) is 3.80. The summed E-state index contributed by atoms with van der Waals surface area (Å²) in [6.07, 6.45) is 1.61. The Hall–Kier alpha value is -2.90. The first-order valence-electron chi connectivity index (χ1n) is 8.00. The summed E-state index contributed by atoms with van der Waals surface area (Å²) < 4.78 is 1.72. The van der Waals surface area contributed by atoms with Gasteiger partial charge in [0.2, 0.25) is 5.91 Å². The number of amides is 1. The van der Waals surface area contributed by atoms with Crippen LogP contribution >= 0.6 is 0 Å². The topological polar surface area (TPSA) is 106 Å². The normalized spacial score (nSPS) is 11.0. The molecule has 25 heavy (non-hydrogen) atoms. The average molecular weight is 347 g/mol. The zero-order valence-corrected chi connectivity index (χ0v) is 14.2. The minimum absolute atomic E-state index is 0.000492. The van der Waals surface area contributed by atoms with Crippen LogP contribution in [0, 0.1) is 16.0 Å². The number of benzene rings is 1. The van der Waals surface area contributed by atoms with Crippen molar-refractivity contribution in [2.24, 2.45) is 5.92 Å². The molecule has 0 atom stereocenters. The van der Waals surface area contributed by atoms with Gasteiger partial charge in [-0.25, -0.2) is 0 Å². The van der Waals surface area contributed by atoms with Crippen LogP contribution in [0.25, 0.3) is 10.9 Å². The van der Waals surface area contributed by atoms with Gasteiger partial charge < -0.3 is 14.6 Å². The molecule has 0 spiro atoms. The zero-order valence-electron chi connectivity index (χ0n) is 14.2. The van der Waals surface area contributed by atoms with Gasteiger partial charge in [-0.15, -0.1) is 0 Å². The number of hydrogen-bond donors (Lipinski definition) is 1. The SMILES string of the molecule is CC(C)CN(CCC(=O)O)C(=O)Cn1ccc2cc([N+](=O)[O-])ccc21. The smallest absolute Gasteiger partial charge is 0.305 e. The second-order valence-electron chi connectivity index (χ2n) is 6.32. The van der Waals surface area contributed by atoms with Gasteiger partial charge in [-0.05, 0) is 18.1 Å². The van der Waals surface area contributed by atoms with Crippen LogP contribution in [0.3, 0.4) is 0 Å². The minimum Gasteiger partial charge on any atom is -0.481 e. The minimum atomic E-state index is -0.944. The molecule has 8 nitrogen and oxygen atoms in total. The molecular weight excluding hydrogens is 326 g/mol. The Morgan fingerprint density at radius 1 is 1.32 bits per heavy atom. The molecule has 0 aliphatic heterocycles. The predicted octanol–water partition coefficient (Wildman–Crippen LogP) is 2.51. The second kappa shape index (κ2) is 7.78. The number of nitro benzene ring substituents is 1. The van der Waals surface area contributed by atoms with E-state index in [4.69, 9.17) is 5.11 Å². The van der Waals surface area contributed by atoms with Crippen LogP contribution in [0.2, 0.25) is 0 Å². The Bertz CT molecular complexity index is 797. The Labute approximate surface area is 144 Å². The standard InChI is InChI=1S/C17H21N3O5/c1-12(2)10-19(8-6-17(22)23)16(21)11-18-7-5-13-9-14(20(24)25)3-4-15(13)18/h3-5,7,9,12H,6,8,10-11H2,1-2H3,(H,22,23). The molecule has 0 fully saturated rings. The number of aliphatic carboxylic acids is 1. The van der Waals surface area contributed by atoms with Gasteiger partial charge in [0.25, 0.3) is 5.69 Å². The highest BCUT2D eigenvalue weighted by molar-refractivity contribution is 5.85. The molecule has 134 valence electrons. The van der Waals surface area contributed by atoms with E-state index in [0.717, 1.165) is 5.52 Å². The Balaban J connectivity index is 2.18. The molecule has 1 heterocycles. The van der Waals surface area contributed by atoms with Crippen molar-refractivity contribution in [1.29, 1.82) is 0 Å². The maximum atomic E-state index is 12.6. The first kappa shape index (κ1) is 18.4. The fourth-order valence-corrected chi connectivity index (χ4v) is 2.67. The lowest BCUT2D eigenvalue weighted by Gasteiger charge is -2.24. The van der Waals surface area contributed by atoms with E-state index in [-0.39, 0.29) is 37.0 Å². The fourth-order valence-electron chi connectivity index (χ4n) is 2.67. The highest BCUT2D eigenvalue weighted by Gasteiger charge is 2.18. The molecule has 0 bridgehead atoms. The van der Waals surface area contributed by atoms with Crippen LogP contribution in [-0.4, -0.2) is 44.5 Å². The highest BCUT2D eigenvalue weighted by Crippen LogP contribution is 2.22. The molecule has 0 radical (unpaired) electrons. The van der Waals surface area contributed by atoms with E-state index in [1.54, 1.807) is 27.8 Å². The van der Waals surface area contributed by atoms with E-state index in [2.05, 4.69) is 0 Å². The molecule has 2 rings (SSSR count). The second-order valence-corrected chi connectivity index (χ2v) is 6.32. The first-order valence-corrected chi connectivity index (χ1v) is 8.00. The van der Waals surface area contributed by atoms with Gasteiger partial charge in [0.15, 0.2) is 0 Å². The van der Waals surface area contributed by atoms with E-state index >= 15 is 0 Å². The molecule has 2 aromatic rings. The van der Waals surface area contributed by atoms with E-state index in [1.165, 1.54) is 12.1 Å². The lowest BCUT2D eigenvalue weighted by Crippen LogP contribution is -2.38. The number of nitro groups is 1. The summed E-state index contributed by atoms with van der Waals surface area (Å²) in [5.41, 5.74) is 0.723. The maximum absolute atomic E-state index is 12.6. The summed E-state index contributed by atoms with van der Waals surface area (Å²) in [6, 6.07) is 6.21. The Morgan fingerprint density at radius 3 is 2.64 bits per heavy atom. The van der Waals surface area contributed by atoms with Gasteiger partial charge in [-0.1, -0.05) is 13.8 Å². The molecule has 0 aliphatic rings. The van der Waals surface area contributed by atoms with Crippen LogP contribution in [0.5, 0.6) is 0 Å². The summed E-state index contributed by atoms with van der Waals surface area (Å²) in [7, 11) is 0. The number of nitrogens with zero attached hydrogens (tertiary/aromatic N) is 3. The van der Waals surface area contributed by atoms with Crippen molar-refractivity contribution < 1.29 is 19.6 Å². The monoisotopic (exact) mass is 347 g/mol. The van der Waals surface area contributed by atoms with E-state index in [9.17, 15) is 19.7 Å². The molecule has 0 unspecified atom stereocenters. The van der Waals surface area contributed by atoms with Crippen LogP contribution in [0.15, 0.2) is 30.5 Å². The number of aromatic nitrogens is 1. The molecule has 0 aliphatic carbocycles. The van der Waals surface area contributed by atoms with Crippen LogP contribution in [0.1, 0.15) is 20.3 Å². The van der Waals surface area contributed by atoms with Crippen molar-refractivity contribution in [1.82, 2.24) is 9.47 Å². The summed E-state index contributed by atoms with van der Waals surface area (Å²) in [4.78, 5) is 35.3. The molecule has 1 N–H and O–H groups in total. The van der Waals surface area contributed by atoms with Gasteiger partial charge in [0, 0.05) is 42.3 Å². The van der Waals surface area contributed by atoms with Gasteiger partial charge in [0.1, 0.15) is 6.54 Å². The third-order valence-electron chi connectivity index (χ3n) is 3.80. The number of hydrogen-bond acceptors (Lipinski definition) is 4. The zero-order chi connectivity index (χ0) is 18.6. The molecule has 0 saturated heterocycles. The first-order chi connectivity index (χ1) is 11.8. The highest BCUT2D eigenvalue weighted by atomic mass is 16.6. The predicted molar refractivity (Wildman–Crippen MR) is 92.3 cm³/mol. The van der Waals surface area contributed by atoms with Crippen molar-refractivity contribution in [2.75, 3.05) is 13.1 Å². The number of carboxylic acid groups (broad SMARTS) is 1. The molecular formula is C17H21N3O5. The van der Waals surface area contributed by atoms with Gasteiger partial charge in [-0.3, -0.25) is 19.7 Å². The fraction of sp³-hybridized carbons (Fsp3) is 0.412. The van der Waals surface area contributed by atoms with E-state index in [1.807, 2.05) is 13.8 Å². The number of rotatable bonds is 8.